The highest BCUT2D eigenvalue weighted by Crippen LogP contribution is 2.17. The molecule has 6 nitrogen and oxygen atoms in total. The van der Waals surface area contributed by atoms with Crippen LogP contribution >= 0.6 is 0 Å². The Hall–Kier alpha value is -2.51. The van der Waals surface area contributed by atoms with E-state index >= 15 is 0 Å². The van der Waals surface area contributed by atoms with Crippen molar-refractivity contribution in [1.82, 2.24) is 5.32 Å². The highest BCUT2D eigenvalue weighted by atomic mass is 19.1. The molecule has 23 heavy (non-hydrogen) atoms. The molecule has 0 heterocycles. The Morgan fingerprint density at radius 1 is 1.22 bits per heavy atom. The molecule has 122 valence electrons. The minimum atomic E-state index is -0.789. The smallest absolute Gasteiger partial charge is 0.273 e. The molecule has 0 radical (unpaired) electrons. The van der Waals surface area contributed by atoms with Crippen LogP contribution in [0.25, 0.3) is 0 Å². The lowest BCUT2D eigenvalue weighted by Crippen LogP contribution is -2.31. The van der Waals surface area contributed by atoms with Crippen LogP contribution in [0.15, 0.2) is 48.5 Å². The van der Waals surface area contributed by atoms with E-state index in [2.05, 4.69) is 5.32 Å². The number of para-hydroxylation sites is 1. The van der Waals surface area contributed by atoms with Gasteiger partial charge in [0.25, 0.3) is 5.69 Å². The quantitative estimate of drug-likeness (QED) is 0.576. The predicted molar refractivity (Wildman–Crippen MR) is 82.7 cm³/mol. The molecule has 0 aliphatic rings. The normalized spacial score (nSPS) is 11.9. The summed E-state index contributed by atoms with van der Waals surface area (Å²) in [6.07, 6.45) is -0.789. The van der Waals surface area contributed by atoms with Gasteiger partial charge in [0.2, 0.25) is 0 Å². The number of nitrogens with zero attached hydrogens (tertiary/aromatic N) is 1. The van der Waals surface area contributed by atoms with Crippen LogP contribution in [0.2, 0.25) is 0 Å². The van der Waals surface area contributed by atoms with Crippen molar-refractivity contribution in [2.75, 3.05) is 13.2 Å². The van der Waals surface area contributed by atoms with Crippen LogP contribution in [-0.4, -0.2) is 29.3 Å². The van der Waals surface area contributed by atoms with Crippen molar-refractivity contribution in [3.8, 4) is 5.75 Å². The standard InChI is InChI=1S/C16H17FN2O4/c17-13-5-7-15(8-6-13)23-11-14(20)10-18-9-12-3-1-2-4-16(12)19(21)22/h1-8,14,18,20H,9-11H2. The van der Waals surface area contributed by atoms with Crippen LogP contribution < -0.4 is 10.1 Å². The topological polar surface area (TPSA) is 84.6 Å². The number of hydrogen-bond acceptors (Lipinski definition) is 5. The maximum absolute atomic E-state index is 12.7. The Balaban J connectivity index is 1.75. The predicted octanol–water partition coefficient (Wildman–Crippen LogP) is 2.26. The average molecular weight is 320 g/mol. The van der Waals surface area contributed by atoms with Gasteiger partial charge in [0.15, 0.2) is 0 Å². The van der Waals surface area contributed by atoms with Gasteiger partial charge in [-0.2, -0.15) is 0 Å². The molecule has 2 aromatic carbocycles. The summed E-state index contributed by atoms with van der Waals surface area (Å²) >= 11 is 0. The zero-order chi connectivity index (χ0) is 16.7. The maximum atomic E-state index is 12.7. The summed E-state index contributed by atoms with van der Waals surface area (Å²) in [4.78, 5) is 10.4. The summed E-state index contributed by atoms with van der Waals surface area (Å²) < 4.78 is 18.1. The van der Waals surface area contributed by atoms with E-state index in [1.165, 1.54) is 30.3 Å². The Kier molecular flexibility index (Phi) is 6.02. The summed E-state index contributed by atoms with van der Waals surface area (Å²) in [6.45, 7) is 0.521. The highest BCUT2D eigenvalue weighted by Gasteiger charge is 2.12. The van der Waals surface area contributed by atoms with E-state index in [0.717, 1.165) is 0 Å². The third kappa shape index (κ3) is 5.32. The molecule has 0 saturated heterocycles. The maximum Gasteiger partial charge on any atom is 0.273 e. The van der Waals surface area contributed by atoms with Gasteiger partial charge < -0.3 is 15.2 Å². The Labute approximate surface area is 132 Å². The first kappa shape index (κ1) is 16.9. The summed E-state index contributed by atoms with van der Waals surface area (Å²) in [5.74, 6) is 0.105. The van der Waals surface area contributed by atoms with Crippen LogP contribution in [-0.2, 0) is 6.54 Å². The zero-order valence-corrected chi connectivity index (χ0v) is 12.3. The monoisotopic (exact) mass is 320 g/mol. The third-order valence-electron chi connectivity index (χ3n) is 3.14. The summed E-state index contributed by atoms with van der Waals surface area (Å²) in [6, 6.07) is 11.9. The van der Waals surface area contributed by atoms with E-state index in [9.17, 15) is 19.6 Å². The lowest BCUT2D eigenvalue weighted by Gasteiger charge is -2.13. The van der Waals surface area contributed by atoms with Crippen molar-refractivity contribution in [2.45, 2.75) is 12.6 Å². The molecule has 0 bridgehead atoms. The fourth-order valence-electron chi connectivity index (χ4n) is 1.99. The van der Waals surface area contributed by atoms with Crippen LogP contribution in [0.4, 0.5) is 10.1 Å². The number of nitro groups is 1. The lowest BCUT2D eigenvalue weighted by molar-refractivity contribution is -0.385. The number of nitrogens with one attached hydrogen (secondary N) is 1. The number of benzene rings is 2. The van der Waals surface area contributed by atoms with Crippen molar-refractivity contribution < 1.29 is 19.2 Å². The number of halogens is 1. The van der Waals surface area contributed by atoms with Gasteiger partial charge in [-0.05, 0) is 24.3 Å². The van der Waals surface area contributed by atoms with E-state index in [4.69, 9.17) is 4.74 Å². The van der Waals surface area contributed by atoms with Crippen molar-refractivity contribution in [2.24, 2.45) is 0 Å². The third-order valence-corrected chi connectivity index (χ3v) is 3.14. The Morgan fingerprint density at radius 3 is 2.61 bits per heavy atom. The molecule has 2 N–H and O–H groups in total. The van der Waals surface area contributed by atoms with E-state index in [-0.39, 0.29) is 31.2 Å². The molecule has 1 unspecified atom stereocenters. The summed E-state index contributed by atoms with van der Waals surface area (Å²) in [7, 11) is 0. The lowest BCUT2D eigenvalue weighted by atomic mass is 10.2. The first-order valence-corrected chi connectivity index (χ1v) is 7.05. The highest BCUT2D eigenvalue weighted by molar-refractivity contribution is 5.39. The Bertz CT molecular complexity index is 649. The molecule has 0 amide bonds. The molecular formula is C16H17FN2O4. The number of aliphatic hydroxyl groups is 1. The first-order chi connectivity index (χ1) is 11.1. The van der Waals surface area contributed by atoms with Gasteiger partial charge in [0.05, 0.1) is 4.92 Å². The van der Waals surface area contributed by atoms with Crippen LogP contribution in [0.3, 0.4) is 0 Å². The fraction of sp³-hybridized carbons (Fsp3) is 0.250. The molecule has 0 aliphatic heterocycles. The molecule has 0 saturated carbocycles. The van der Waals surface area contributed by atoms with E-state index in [1.807, 2.05) is 0 Å². The minimum Gasteiger partial charge on any atom is -0.491 e. The fourth-order valence-corrected chi connectivity index (χ4v) is 1.99. The van der Waals surface area contributed by atoms with Crippen LogP contribution in [0, 0.1) is 15.9 Å². The second kappa shape index (κ2) is 8.21. The van der Waals surface area contributed by atoms with E-state index in [0.29, 0.717) is 11.3 Å². The number of rotatable bonds is 8. The SMILES string of the molecule is O=[N+]([O-])c1ccccc1CNCC(O)COc1ccc(F)cc1. The Morgan fingerprint density at radius 2 is 1.91 bits per heavy atom. The van der Waals surface area contributed by atoms with Crippen molar-refractivity contribution in [1.29, 1.82) is 0 Å². The molecular weight excluding hydrogens is 303 g/mol. The van der Waals surface area contributed by atoms with Crippen molar-refractivity contribution >= 4 is 5.69 Å². The van der Waals surface area contributed by atoms with Gasteiger partial charge in [0, 0.05) is 24.7 Å². The van der Waals surface area contributed by atoms with Gasteiger partial charge >= 0.3 is 0 Å². The second-order valence-electron chi connectivity index (χ2n) is 4.94. The van der Waals surface area contributed by atoms with Crippen molar-refractivity contribution in [3.05, 3.63) is 70.0 Å². The van der Waals surface area contributed by atoms with E-state index < -0.39 is 11.0 Å². The average Bonchev–Trinajstić information content (AvgIpc) is 2.54. The summed E-state index contributed by atoms with van der Waals surface area (Å²) in [5, 5.41) is 23.7. The number of nitro benzene ring substituents is 1. The molecule has 0 fully saturated rings. The largest absolute Gasteiger partial charge is 0.491 e. The van der Waals surface area contributed by atoms with Gasteiger partial charge in [-0.15, -0.1) is 0 Å². The molecule has 0 spiro atoms. The van der Waals surface area contributed by atoms with E-state index in [1.54, 1.807) is 18.2 Å². The van der Waals surface area contributed by atoms with Crippen molar-refractivity contribution in [3.63, 3.8) is 0 Å². The van der Waals surface area contributed by atoms with Crippen LogP contribution in [0.5, 0.6) is 5.75 Å². The number of hydrogen-bond donors (Lipinski definition) is 2. The van der Waals surface area contributed by atoms with Crippen LogP contribution in [0.1, 0.15) is 5.56 Å². The molecule has 7 heteroatoms. The summed E-state index contributed by atoms with van der Waals surface area (Å²) in [5.41, 5.74) is 0.584. The van der Waals surface area contributed by atoms with Gasteiger partial charge in [0.1, 0.15) is 24.3 Å². The molecule has 2 aromatic rings. The minimum absolute atomic E-state index is 0.0372. The number of ether oxygens (including phenoxy) is 1. The second-order valence-corrected chi connectivity index (χ2v) is 4.94. The molecule has 1 atom stereocenters. The molecule has 2 rings (SSSR count). The van der Waals surface area contributed by atoms with Gasteiger partial charge in [-0.1, -0.05) is 18.2 Å². The van der Waals surface area contributed by atoms with Gasteiger partial charge in [-0.3, -0.25) is 10.1 Å². The number of aliphatic hydroxyl groups excluding tert-OH is 1. The zero-order valence-electron chi connectivity index (χ0n) is 12.3. The van der Waals surface area contributed by atoms with Gasteiger partial charge in [-0.25, -0.2) is 4.39 Å². The molecule has 0 aromatic heterocycles. The molecule has 0 aliphatic carbocycles. The first-order valence-electron chi connectivity index (χ1n) is 7.05.